The third-order valence-corrected chi connectivity index (χ3v) is 3.18. The van der Waals surface area contributed by atoms with E-state index >= 15 is 0 Å². The summed E-state index contributed by atoms with van der Waals surface area (Å²) >= 11 is 0. The summed E-state index contributed by atoms with van der Waals surface area (Å²) in [5, 5.41) is 6.81. The largest absolute Gasteiger partial charge is 0.357 e. The number of hydrogen-bond acceptors (Lipinski definition) is 2. The van der Waals surface area contributed by atoms with Crippen molar-refractivity contribution in [3.05, 3.63) is 24.0 Å². The van der Waals surface area contributed by atoms with Gasteiger partial charge >= 0.3 is 0 Å². The van der Waals surface area contributed by atoms with Crippen molar-refractivity contribution in [2.24, 2.45) is 12.0 Å². The predicted molar refractivity (Wildman–Crippen MR) is 90.6 cm³/mol. The van der Waals surface area contributed by atoms with Gasteiger partial charge in [-0.15, -0.1) is 0 Å². The maximum atomic E-state index is 4.69. The molecule has 0 aliphatic carbocycles. The second-order valence-corrected chi connectivity index (χ2v) is 6.38. The summed E-state index contributed by atoms with van der Waals surface area (Å²) in [5.41, 5.74) is 1.42. The predicted octanol–water partition coefficient (Wildman–Crippen LogP) is 1.81. The number of hydrogen-bond donors (Lipinski definition) is 2. The molecule has 0 amide bonds. The van der Waals surface area contributed by atoms with Gasteiger partial charge in [0.2, 0.25) is 0 Å². The highest BCUT2D eigenvalue weighted by Crippen LogP contribution is 2.03. The number of aromatic nitrogens is 1. The second kappa shape index (κ2) is 8.08. The average Bonchev–Trinajstić information content (AvgIpc) is 2.77. The molecule has 0 aliphatic heterocycles. The Hall–Kier alpha value is -1.49. The molecule has 1 rings (SSSR count). The second-order valence-electron chi connectivity index (χ2n) is 6.38. The lowest BCUT2D eigenvalue weighted by Crippen LogP contribution is -2.40. The molecule has 1 aromatic heterocycles. The van der Waals surface area contributed by atoms with Crippen molar-refractivity contribution in [3.63, 3.8) is 0 Å². The molecule has 5 heteroatoms. The van der Waals surface area contributed by atoms with Crippen molar-refractivity contribution in [2.45, 2.75) is 39.8 Å². The topological polar surface area (TPSA) is 44.6 Å². The Balaban J connectivity index is 2.56. The van der Waals surface area contributed by atoms with Gasteiger partial charge in [-0.1, -0.05) is 0 Å². The van der Waals surface area contributed by atoms with Crippen molar-refractivity contribution in [1.29, 1.82) is 0 Å². The number of aliphatic imine (C=N–C) groups is 1. The molecule has 0 saturated heterocycles. The molecule has 0 bridgehead atoms. The Morgan fingerprint density at radius 1 is 1.38 bits per heavy atom. The number of aryl methyl sites for hydroxylation is 1. The minimum absolute atomic E-state index is 0.142. The third-order valence-electron chi connectivity index (χ3n) is 3.18. The van der Waals surface area contributed by atoms with Crippen LogP contribution in [0.2, 0.25) is 0 Å². The number of nitrogens with one attached hydrogen (secondary N) is 2. The number of guanidine groups is 1. The maximum absolute atomic E-state index is 4.69. The molecule has 0 atom stereocenters. The SMILES string of the molecule is CCNC(=NCCNC(C)(C)C)N(C)Cc1cccn1C. The van der Waals surface area contributed by atoms with E-state index in [0.29, 0.717) is 0 Å². The third kappa shape index (κ3) is 6.67. The lowest BCUT2D eigenvalue weighted by Gasteiger charge is -2.23. The van der Waals surface area contributed by atoms with E-state index in [9.17, 15) is 0 Å². The van der Waals surface area contributed by atoms with Gasteiger partial charge < -0.3 is 20.1 Å². The van der Waals surface area contributed by atoms with E-state index in [4.69, 9.17) is 0 Å². The van der Waals surface area contributed by atoms with Crippen LogP contribution in [-0.2, 0) is 13.6 Å². The fourth-order valence-electron chi connectivity index (χ4n) is 2.04. The first-order valence-corrected chi connectivity index (χ1v) is 7.68. The van der Waals surface area contributed by atoms with E-state index in [-0.39, 0.29) is 5.54 Å². The lowest BCUT2D eigenvalue weighted by atomic mass is 10.1. The Morgan fingerprint density at radius 3 is 2.62 bits per heavy atom. The minimum atomic E-state index is 0.142. The maximum Gasteiger partial charge on any atom is 0.194 e. The smallest absolute Gasteiger partial charge is 0.194 e. The van der Waals surface area contributed by atoms with Crippen molar-refractivity contribution >= 4 is 5.96 Å². The van der Waals surface area contributed by atoms with Crippen molar-refractivity contribution < 1.29 is 0 Å². The van der Waals surface area contributed by atoms with Crippen LogP contribution in [0.3, 0.4) is 0 Å². The normalized spacial score (nSPS) is 12.6. The standard InChI is InChI=1S/C16H31N5/c1-7-17-15(18-10-11-19-16(2,3)4)21(6)13-14-9-8-12-20(14)5/h8-9,12,19H,7,10-11,13H2,1-6H3,(H,17,18). The van der Waals surface area contributed by atoms with Crippen LogP contribution in [0, 0.1) is 0 Å². The molecule has 1 heterocycles. The molecule has 5 nitrogen and oxygen atoms in total. The summed E-state index contributed by atoms with van der Waals surface area (Å²) in [6.07, 6.45) is 2.07. The van der Waals surface area contributed by atoms with Crippen LogP contribution in [0.1, 0.15) is 33.4 Å². The summed E-state index contributed by atoms with van der Waals surface area (Å²) in [6.45, 7) is 12.0. The molecule has 0 aromatic carbocycles. The average molecular weight is 293 g/mol. The molecule has 21 heavy (non-hydrogen) atoms. The Labute approximate surface area is 129 Å². The summed E-state index contributed by atoms with van der Waals surface area (Å²) in [4.78, 5) is 6.85. The minimum Gasteiger partial charge on any atom is -0.357 e. The van der Waals surface area contributed by atoms with E-state index < -0.39 is 0 Å². The van der Waals surface area contributed by atoms with E-state index in [1.807, 2.05) is 0 Å². The van der Waals surface area contributed by atoms with Crippen LogP contribution in [0.4, 0.5) is 0 Å². The van der Waals surface area contributed by atoms with Gasteiger partial charge in [0.1, 0.15) is 0 Å². The highest BCUT2D eigenvalue weighted by Gasteiger charge is 2.09. The summed E-state index contributed by atoms with van der Waals surface area (Å²) in [6, 6.07) is 4.21. The molecule has 2 N–H and O–H groups in total. The van der Waals surface area contributed by atoms with Crippen molar-refractivity contribution in [1.82, 2.24) is 20.1 Å². The zero-order valence-corrected chi connectivity index (χ0v) is 14.4. The van der Waals surface area contributed by atoms with Gasteiger partial charge in [-0.25, -0.2) is 0 Å². The number of rotatable bonds is 6. The van der Waals surface area contributed by atoms with Crippen LogP contribution in [0.25, 0.3) is 0 Å². The lowest BCUT2D eigenvalue weighted by molar-refractivity contribution is 0.429. The first-order chi connectivity index (χ1) is 9.83. The molecule has 0 saturated carbocycles. The molecule has 0 radical (unpaired) electrons. The number of nitrogens with zero attached hydrogens (tertiary/aromatic N) is 3. The first-order valence-electron chi connectivity index (χ1n) is 7.68. The monoisotopic (exact) mass is 293 g/mol. The summed E-state index contributed by atoms with van der Waals surface area (Å²) < 4.78 is 2.14. The van der Waals surface area contributed by atoms with Crippen molar-refractivity contribution in [2.75, 3.05) is 26.7 Å². The van der Waals surface area contributed by atoms with E-state index in [1.54, 1.807) is 0 Å². The summed E-state index contributed by atoms with van der Waals surface area (Å²) in [5.74, 6) is 0.953. The Morgan fingerprint density at radius 2 is 2.10 bits per heavy atom. The van der Waals surface area contributed by atoms with Gasteiger partial charge in [-0.3, -0.25) is 4.99 Å². The summed E-state index contributed by atoms with van der Waals surface area (Å²) in [7, 11) is 4.15. The van der Waals surface area contributed by atoms with Gasteiger partial charge in [0.05, 0.1) is 13.1 Å². The van der Waals surface area contributed by atoms with Crippen molar-refractivity contribution in [3.8, 4) is 0 Å². The fourth-order valence-corrected chi connectivity index (χ4v) is 2.04. The Kier molecular flexibility index (Phi) is 6.75. The van der Waals surface area contributed by atoms with Crippen LogP contribution >= 0.6 is 0 Å². The van der Waals surface area contributed by atoms with Gasteiger partial charge in [-0.2, -0.15) is 0 Å². The van der Waals surface area contributed by atoms with Gasteiger partial charge in [-0.05, 0) is 39.8 Å². The highest BCUT2D eigenvalue weighted by molar-refractivity contribution is 5.79. The fraction of sp³-hybridized carbons (Fsp3) is 0.688. The molecule has 0 unspecified atom stereocenters. The molecule has 0 fully saturated rings. The molecular weight excluding hydrogens is 262 g/mol. The van der Waals surface area contributed by atoms with Crippen LogP contribution in [0.5, 0.6) is 0 Å². The van der Waals surface area contributed by atoms with E-state index in [1.165, 1.54) is 5.69 Å². The zero-order valence-electron chi connectivity index (χ0n) is 14.4. The van der Waals surface area contributed by atoms with Gasteiger partial charge in [0, 0.05) is 44.6 Å². The molecule has 0 spiro atoms. The quantitative estimate of drug-likeness (QED) is 0.478. The van der Waals surface area contributed by atoms with Crippen LogP contribution in [-0.4, -0.2) is 47.6 Å². The molecule has 1 aromatic rings. The van der Waals surface area contributed by atoms with Gasteiger partial charge in [0.25, 0.3) is 0 Å². The van der Waals surface area contributed by atoms with Crippen LogP contribution in [0.15, 0.2) is 23.3 Å². The van der Waals surface area contributed by atoms with Gasteiger partial charge in [0.15, 0.2) is 5.96 Å². The zero-order chi connectivity index (χ0) is 15.9. The van der Waals surface area contributed by atoms with E-state index in [0.717, 1.165) is 32.1 Å². The Bertz CT molecular complexity index is 442. The molecule has 120 valence electrons. The van der Waals surface area contributed by atoms with Crippen LogP contribution < -0.4 is 10.6 Å². The highest BCUT2D eigenvalue weighted by atomic mass is 15.3. The molecular formula is C16H31N5. The first kappa shape index (κ1) is 17.6. The van der Waals surface area contributed by atoms with E-state index in [2.05, 4.69) is 85.2 Å². The molecule has 0 aliphatic rings.